The molecule has 2 amide bonds. The van der Waals surface area contributed by atoms with Crippen molar-refractivity contribution >= 4 is 29.3 Å². The molecule has 17 nitrogen and oxygen atoms in total. The fourth-order valence-corrected chi connectivity index (χ4v) is 9.24. The lowest BCUT2D eigenvalue weighted by molar-refractivity contribution is -0.140. The minimum atomic E-state index is -0.549. The molecule has 19 heteroatoms. The molecule has 2 aromatic heterocycles. The average molecular weight is 928 g/mol. The number of ketones is 2. The van der Waals surface area contributed by atoms with Gasteiger partial charge in [-0.05, 0) is 88.3 Å². The van der Waals surface area contributed by atoms with Crippen molar-refractivity contribution in [3.05, 3.63) is 90.0 Å². The number of methoxy groups -OCH3 is 2. The van der Waals surface area contributed by atoms with Crippen LogP contribution in [0.25, 0.3) is 0 Å². The van der Waals surface area contributed by atoms with E-state index in [0.717, 1.165) is 57.6 Å². The highest BCUT2D eigenvalue weighted by Gasteiger charge is 2.46. The highest BCUT2D eigenvalue weighted by Crippen LogP contribution is 2.41. The number of piperidine rings is 4. The maximum absolute atomic E-state index is 13.4. The molecule has 10 rings (SSSR count). The molecule has 0 unspecified atom stereocenters. The normalized spacial score (nSPS) is 19.6. The van der Waals surface area contributed by atoms with Gasteiger partial charge in [-0.2, -0.15) is 10.2 Å². The molecular formula is C48H59F2N9O8. The number of benzene rings is 2. The molecule has 0 atom stereocenters. The van der Waals surface area contributed by atoms with Gasteiger partial charge in [0.1, 0.15) is 40.1 Å². The summed E-state index contributed by atoms with van der Waals surface area (Å²) in [6.07, 6.45) is 12.9. The lowest BCUT2D eigenvalue weighted by Gasteiger charge is -2.44. The number of halogens is 2. The summed E-state index contributed by atoms with van der Waals surface area (Å²) >= 11 is 0. The smallest absolute Gasteiger partial charge is 0.225 e. The molecule has 4 aromatic rings. The summed E-state index contributed by atoms with van der Waals surface area (Å²) in [5.41, 5.74) is 4.77. The van der Waals surface area contributed by atoms with Crippen LogP contribution in [0.1, 0.15) is 84.9 Å². The van der Waals surface area contributed by atoms with Gasteiger partial charge in [0.2, 0.25) is 17.8 Å². The van der Waals surface area contributed by atoms with Crippen molar-refractivity contribution in [2.24, 2.45) is 11.8 Å². The van der Waals surface area contributed by atoms with Crippen LogP contribution in [0.2, 0.25) is 0 Å². The minimum Gasteiger partial charge on any atom is -0.495 e. The van der Waals surface area contributed by atoms with E-state index >= 15 is 0 Å². The summed E-state index contributed by atoms with van der Waals surface area (Å²) in [6, 6.07) is 9.96. The van der Waals surface area contributed by atoms with E-state index in [1.807, 2.05) is 9.80 Å². The van der Waals surface area contributed by atoms with E-state index in [0.29, 0.717) is 80.2 Å². The number of nitrogen functional groups attached to an aromatic ring is 1. The number of anilines is 1. The lowest BCUT2D eigenvalue weighted by atomic mass is 9.82. The van der Waals surface area contributed by atoms with Gasteiger partial charge < -0.3 is 45.1 Å². The number of ether oxygens (including phenoxy) is 4. The molecule has 0 aliphatic carbocycles. The number of amides is 2. The van der Waals surface area contributed by atoms with Gasteiger partial charge in [-0.3, -0.25) is 19.2 Å². The standard InChI is InChI=1S/2C19H23FN2O3.C5H7N3O.C5H6N2O/c2*20-14-1-2-17-15(11-14)16(23)12-19(25-17)5-9-22(10-6-19)18(24)13-3-7-21-8-4-13;1-9-4-2-7-5(6)8-3-4;1-8-5-2-3-6-7-4-5/h2*1-2,11,13,21H,3-10,12H2;2-3H,1H3,(H2,6,7,8);2-4H,1H3. The van der Waals surface area contributed by atoms with E-state index in [1.54, 1.807) is 32.7 Å². The van der Waals surface area contributed by atoms with Crippen LogP contribution >= 0.6 is 0 Å². The van der Waals surface area contributed by atoms with Crippen molar-refractivity contribution < 1.29 is 46.9 Å². The highest BCUT2D eigenvalue weighted by atomic mass is 19.1. The molecule has 0 radical (unpaired) electrons. The minimum absolute atomic E-state index is 0.0705. The van der Waals surface area contributed by atoms with Crippen LogP contribution < -0.4 is 35.3 Å². The second kappa shape index (κ2) is 22.4. The highest BCUT2D eigenvalue weighted by molar-refractivity contribution is 6.01. The van der Waals surface area contributed by atoms with Gasteiger partial charge in [-0.15, -0.1) is 0 Å². The van der Waals surface area contributed by atoms with Crippen molar-refractivity contribution in [2.75, 3.05) is 72.3 Å². The van der Waals surface area contributed by atoms with Crippen molar-refractivity contribution in [1.29, 1.82) is 0 Å². The average Bonchev–Trinajstić information content (AvgIpc) is 3.36. The van der Waals surface area contributed by atoms with Crippen molar-refractivity contribution in [1.82, 2.24) is 40.6 Å². The predicted octanol–water partition coefficient (Wildman–Crippen LogP) is 4.86. The van der Waals surface area contributed by atoms with Gasteiger partial charge in [0.15, 0.2) is 17.3 Å². The van der Waals surface area contributed by atoms with Crippen molar-refractivity contribution in [3.8, 4) is 23.0 Å². The zero-order valence-corrected chi connectivity index (χ0v) is 38.0. The first kappa shape index (κ1) is 48.6. The van der Waals surface area contributed by atoms with Crippen LogP contribution in [0.4, 0.5) is 14.7 Å². The predicted molar refractivity (Wildman–Crippen MR) is 242 cm³/mol. The molecule has 0 saturated carbocycles. The first-order valence-corrected chi connectivity index (χ1v) is 22.8. The molecule has 6 aliphatic rings. The summed E-state index contributed by atoms with van der Waals surface area (Å²) in [5, 5.41) is 13.7. The van der Waals surface area contributed by atoms with E-state index in [1.165, 1.54) is 48.8 Å². The monoisotopic (exact) mass is 927 g/mol. The van der Waals surface area contributed by atoms with Crippen LogP contribution in [-0.4, -0.2) is 131 Å². The Kier molecular flexibility index (Phi) is 16.3. The third-order valence-electron chi connectivity index (χ3n) is 13.1. The van der Waals surface area contributed by atoms with Crippen LogP contribution in [0.15, 0.2) is 67.3 Å². The molecule has 4 fully saturated rings. The SMILES string of the molecule is COc1ccnnc1.COc1cnc(N)nc1.O=C1CC2(CCN(C(=O)C3CCNCC3)CC2)Oc2ccc(F)cc21.O=C1CC2(CCN(C(=O)C3CCNCC3)CC2)Oc2ccc(F)cc21. The van der Waals surface area contributed by atoms with E-state index in [-0.39, 0.29) is 54.0 Å². The van der Waals surface area contributed by atoms with Crippen molar-refractivity contribution in [3.63, 3.8) is 0 Å². The van der Waals surface area contributed by atoms with Crippen LogP contribution in [0.5, 0.6) is 23.0 Å². The number of nitrogens with two attached hydrogens (primary N) is 1. The summed E-state index contributed by atoms with van der Waals surface area (Å²) in [7, 11) is 3.14. The number of Topliss-reactive ketones (excluding diaryl/α,β-unsaturated/α-hetero) is 2. The third kappa shape index (κ3) is 12.6. The molecule has 2 aromatic carbocycles. The van der Waals surface area contributed by atoms with E-state index in [2.05, 4.69) is 30.8 Å². The Labute approximate surface area is 388 Å². The van der Waals surface area contributed by atoms with Gasteiger partial charge in [0, 0.05) is 69.8 Å². The fourth-order valence-electron chi connectivity index (χ4n) is 9.24. The Balaban J connectivity index is 0.000000148. The molecule has 358 valence electrons. The zero-order chi connectivity index (χ0) is 47.4. The molecular weight excluding hydrogens is 869 g/mol. The Bertz CT molecular complexity index is 2200. The summed E-state index contributed by atoms with van der Waals surface area (Å²) < 4.78 is 48.6. The van der Waals surface area contributed by atoms with Gasteiger partial charge in [0.25, 0.3) is 0 Å². The molecule has 4 saturated heterocycles. The summed E-state index contributed by atoms with van der Waals surface area (Å²) in [5.74, 6) is 2.27. The van der Waals surface area contributed by atoms with E-state index in [4.69, 9.17) is 24.7 Å². The summed E-state index contributed by atoms with van der Waals surface area (Å²) in [4.78, 5) is 61.5. The molecule has 67 heavy (non-hydrogen) atoms. The maximum atomic E-state index is 13.4. The Hall–Kier alpha value is -6.34. The molecule has 2 spiro atoms. The van der Waals surface area contributed by atoms with Crippen LogP contribution in [-0.2, 0) is 9.59 Å². The number of carbonyl (C=O) groups is 4. The fraction of sp³-hybridized carbons (Fsp3) is 0.500. The lowest BCUT2D eigenvalue weighted by Crippen LogP contribution is -2.53. The van der Waals surface area contributed by atoms with Gasteiger partial charge >= 0.3 is 0 Å². The van der Waals surface area contributed by atoms with Crippen LogP contribution in [0, 0.1) is 23.5 Å². The Morgan fingerprint density at radius 1 is 0.657 bits per heavy atom. The largest absolute Gasteiger partial charge is 0.495 e. The Morgan fingerprint density at radius 2 is 1.09 bits per heavy atom. The van der Waals surface area contributed by atoms with Crippen molar-refractivity contribution in [2.45, 2.75) is 75.4 Å². The number of likely N-dealkylation sites (tertiary alicyclic amines) is 2. The number of nitrogens with zero attached hydrogens (tertiary/aromatic N) is 6. The number of carbonyl (C=O) groups excluding carboxylic acids is 4. The number of hydrogen-bond acceptors (Lipinski definition) is 15. The third-order valence-corrected chi connectivity index (χ3v) is 13.1. The Morgan fingerprint density at radius 3 is 1.46 bits per heavy atom. The molecule has 0 bridgehead atoms. The summed E-state index contributed by atoms with van der Waals surface area (Å²) in [6.45, 7) is 6.08. The topological polar surface area (TPSA) is 213 Å². The van der Waals surface area contributed by atoms with E-state index in [9.17, 15) is 28.0 Å². The van der Waals surface area contributed by atoms with Gasteiger partial charge in [0.05, 0.1) is 63.0 Å². The van der Waals surface area contributed by atoms with E-state index < -0.39 is 22.8 Å². The number of nitrogens with one attached hydrogen (secondary N) is 2. The molecule has 6 aliphatic heterocycles. The second-order valence-corrected chi connectivity index (χ2v) is 17.5. The van der Waals surface area contributed by atoms with Crippen LogP contribution in [0.3, 0.4) is 0 Å². The molecule has 4 N–H and O–H groups in total. The maximum Gasteiger partial charge on any atom is 0.225 e. The zero-order valence-electron chi connectivity index (χ0n) is 38.0. The number of fused-ring (bicyclic) bond motifs is 2. The first-order valence-electron chi connectivity index (χ1n) is 22.8. The number of rotatable bonds is 4. The quantitative estimate of drug-likeness (QED) is 0.250. The van der Waals surface area contributed by atoms with Gasteiger partial charge in [-0.25, -0.2) is 18.7 Å². The van der Waals surface area contributed by atoms with Gasteiger partial charge in [-0.1, -0.05) is 0 Å². The molecule has 8 heterocycles. The first-order chi connectivity index (χ1) is 32.4. The number of aromatic nitrogens is 4. The number of hydrogen-bond donors (Lipinski definition) is 3. The second-order valence-electron chi connectivity index (χ2n) is 17.5.